The maximum absolute atomic E-state index is 11.7. The SMILES string of the molecule is Cc1c(C(=O)NCC(C)CN)cnn1C. The molecule has 1 amide bonds. The average Bonchev–Trinajstić information content (AvgIpc) is 2.56. The maximum atomic E-state index is 11.7. The van der Waals surface area contributed by atoms with Gasteiger partial charge in [-0.2, -0.15) is 5.10 Å². The van der Waals surface area contributed by atoms with E-state index in [0.717, 1.165) is 5.69 Å². The molecule has 0 aromatic carbocycles. The number of amides is 1. The molecule has 1 unspecified atom stereocenters. The molecule has 5 nitrogen and oxygen atoms in total. The van der Waals surface area contributed by atoms with Gasteiger partial charge in [0.2, 0.25) is 0 Å². The Balaban J connectivity index is 2.58. The minimum Gasteiger partial charge on any atom is -0.352 e. The first kappa shape index (κ1) is 11.7. The third-order valence-corrected chi connectivity index (χ3v) is 2.49. The van der Waals surface area contributed by atoms with Crippen molar-refractivity contribution in [1.29, 1.82) is 0 Å². The van der Waals surface area contributed by atoms with Crippen molar-refractivity contribution in [2.45, 2.75) is 13.8 Å². The number of aromatic nitrogens is 2. The van der Waals surface area contributed by atoms with E-state index in [1.54, 1.807) is 10.9 Å². The van der Waals surface area contributed by atoms with E-state index in [-0.39, 0.29) is 5.91 Å². The molecule has 84 valence electrons. The number of rotatable bonds is 4. The van der Waals surface area contributed by atoms with E-state index in [2.05, 4.69) is 10.4 Å². The van der Waals surface area contributed by atoms with Crippen LogP contribution < -0.4 is 11.1 Å². The van der Waals surface area contributed by atoms with E-state index >= 15 is 0 Å². The van der Waals surface area contributed by atoms with Crippen LogP contribution in [0.4, 0.5) is 0 Å². The maximum Gasteiger partial charge on any atom is 0.254 e. The molecule has 1 aromatic heterocycles. The lowest BCUT2D eigenvalue weighted by Crippen LogP contribution is -2.31. The standard InChI is InChI=1S/C10H18N4O/c1-7(4-11)5-12-10(15)9-6-13-14(3)8(9)2/h6-7H,4-5,11H2,1-3H3,(H,12,15). The molecular formula is C10H18N4O. The molecule has 1 rings (SSSR count). The van der Waals surface area contributed by atoms with Gasteiger partial charge in [0.15, 0.2) is 0 Å². The molecule has 15 heavy (non-hydrogen) atoms. The van der Waals surface area contributed by atoms with Crippen molar-refractivity contribution in [2.24, 2.45) is 18.7 Å². The highest BCUT2D eigenvalue weighted by molar-refractivity contribution is 5.94. The Morgan fingerprint density at radius 2 is 2.40 bits per heavy atom. The predicted molar refractivity (Wildman–Crippen MR) is 58.5 cm³/mol. The van der Waals surface area contributed by atoms with Crippen LogP contribution in [0.3, 0.4) is 0 Å². The highest BCUT2D eigenvalue weighted by Gasteiger charge is 2.12. The summed E-state index contributed by atoms with van der Waals surface area (Å²) in [5.74, 6) is 0.215. The van der Waals surface area contributed by atoms with Gasteiger partial charge in [-0.3, -0.25) is 9.48 Å². The summed E-state index contributed by atoms with van der Waals surface area (Å²) in [5.41, 5.74) is 6.96. The first-order chi connectivity index (χ1) is 7.06. The van der Waals surface area contributed by atoms with Crippen LogP contribution >= 0.6 is 0 Å². The van der Waals surface area contributed by atoms with Crippen molar-refractivity contribution in [3.63, 3.8) is 0 Å². The van der Waals surface area contributed by atoms with Gasteiger partial charge in [0.25, 0.3) is 5.91 Å². The monoisotopic (exact) mass is 210 g/mol. The minimum atomic E-state index is -0.0825. The summed E-state index contributed by atoms with van der Waals surface area (Å²) < 4.78 is 1.68. The van der Waals surface area contributed by atoms with Crippen LogP contribution in [0.15, 0.2) is 6.20 Å². The summed E-state index contributed by atoms with van der Waals surface area (Å²) in [5, 5.41) is 6.85. The molecule has 0 aliphatic carbocycles. The van der Waals surface area contributed by atoms with Crippen molar-refractivity contribution in [3.8, 4) is 0 Å². The molecule has 1 atom stereocenters. The van der Waals surface area contributed by atoms with Crippen LogP contribution in [-0.4, -0.2) is 28.8 Å². The Hall–Kier alpha value is -1.36. The Morgan fingerprint density at radius 1 is 1.73 bits per heavy atom. The number of hydrogen-bond acceptors (Lipinski definition) is 3. The van der Waals surface area contributed by atoms with Gasteiger partial charge in [0.05, 0.1) is 11.8 Å². The fraction of sp³-hybridized carbons (Fsp3) is 0.600. The molecule has 0 fully saturated rings. The van der Waals surface area contributed by atoms with Gasteiger partial charge in [-0.25, -0.2) is 0 Å². The zero-order chi connectivity index (χ0) is 11.4. The van der Waals surface area contributed by atoms with Crippen molar-refractivity contribution in [3.05, 3.63) is 17.5 Å². The summed E-state index contributed by atoms with van der Waals surface area (Å²) >= 11 is 0. The van der Waals surface area contributed by atoms with E-state index in [9.17, 15) is 4.79 Å². The molecular weight excluding hydrogens is 192 g/mol. The summed E-state index contributed by atoms with van der Waals surface area (Å²) in [6, 6.07) is 0. The zero-order valence-corrected chi connectivity index (χ0v) is 9.45. The second-order valence-corrected chi connectivity index (χ2v) is 3.82. The second-order valence-electron chi connectivity index (χ2n) is 3.82. The molecule has 0 aliphatic rings. The Labute approximate surface area is 89.6 Å². The summed E-state index contributed by atoms with van der Waals surface area (Å²) in [6.45, 7) is 5.04. The van der Waals surface area contributed by atoms with Crippen LogP contribution in [0.25, 0.3) is 0 Å². The van der Waals surface area contributed by atoms with E-state index in [1.165, 1.54) is 0 Å². The van der Waals surface area contributed by atoms with Crippen molar-refractivity contribution < 1.29 is 4.79 Å². The molecule has 3 N–H and O–H groups in total. The summed E-state index contributed by atoms with van der Waals surface area (Å²) in [4.78, 5) is 11.7. The van der Waals surface area contributed by atoms with Gasteiger partial charge < -0.3 is 11.1 Å². The number of nitrogens with two attached hydrogens (primary N) is 1. The Bertz CT molecular complexity index is 345. The Kier molecular flexibility index (Phi) is 3.85. The predicted octanol–water partition coefficient (Wildman–Crippen LogP) is 0.0531. The zero-order valence-electron chi connectivity index (χ0n) is 9.45. The van der Waals surface area contributed by atoms with Crippen molar-refractivity contribution in [2.75, 3.05) is 13.1 Å². The fourth-order valence-electron chi connectivity index (χ4n) is 1.17. The van der Waals surface area contributed by atoms with E-state index < -0.39 is 0 Å². The number of carbonyl (C=O) groups excluding carboxylic acids is 1. The first-order valence-electron chi connectivity index (χ1n) is 5.03. The molecule has 0 radical (unpaired) electrons. The molecule has 1 aromatic rings. The first-order valence-corrected chi connectivity index (χ1v) is 5.03. The summed E-state index contributed by atoms with van der Waals surface area (Å²) in [6.07, 6.45) is 1.58. The van der Waals surface area contributed by atoms with Crippen LogP contribution in [-0.2, 0) is 7.05 Å². The van der Waals surface area contributed by atoms with Gasteiger partial charge in [-0.1, -0.05) is 6.92 Å². The third-order valence-electron chi connectivity index (χ3n) is 2.49. The van der Waals surface area contributed by atoms with Crippen LogP contribution in [0, 0.1) is 12.8 Å². The normalized spacial score (nSPS) is 12.5. The molecule has 0 saturated carbocycles. The smallest absolute Gasteiger partial charge is 0.254 e. The molecule has 1 heterocycles. The number of carbonyl (C=O) groups is 1. The molecule has 0 saturated heterocycles. The van der Waals surface area contributed by atoms with Crippen molar-refractivity contribution in [1.82, 2.24) is 15.1 Å². The van der Waals surface area contributed by atoms with Gasteiger partial charge >= 0.3 is 0 Å². The van der Waals surface area contributed by atoms with Crippen LogP contribution in [0.2, 0.25) is 0 Å². The summed E-state index contributed by atoms with van der Waals surface area (Å²) in [7, 11) is 1.81. The van der Waals surface area contributed by atoms with Crippen LogP contribution in [0.5, 0.6) is 0 Å². The molecule has 0 spiro atoms. The van der Waals surface area contributed by atoms with E-state index in [1.807, 2.05) is 20.9 Å². The highest BCUT2D eigenvalue weighted by atomic mass is 16.1. The van der Waals surface area contributed by atoms with Gasteiger partial charge in [0, 0.05) is 19.3 Å². The quantitative estimate of drug-likeness (QED) is 0.737. The lowest BCUT2D eigenvalue weighted by Gasteiger charge is -2.09. The molecule has 5 heteroatoms. The lowest BCUT2D eigenvalue weighted by molar-refractivity contribution is 0.0948. The molecule has 0 bridgehead atoms. The van der Waals surface area contributed by atoms with Gasteiger partial charge in [-0.15, -0.1) is 0 Å². The van der Waals surface area contributed by atoms with Gasteiger partial charge in [0.1, 0.15) is 0 Å². The van der Waals surface area contributed by atoms with Gasteiger partial charge in [-0.05, 0) is 19.4 Å². The number of nitrogens with zero attached hydrogens (tertiary/aromatic N) is 2. The molecule has 0 aliphatic heterocycles. The number of aryl methyl sites for hydroxylation is 1. The largest absolute Gasteiger partial charge is 0.352 e. The Morgan fingerprint density at radius 3 is 2.87 bits per heavy atom. The highest BCUT2D eigenvalue weighted by Crippen LogP contribution is 2.05. The fourth-order valence-corrected chi connectivity index (χ4v) is 1.17. The van der Waals surface area contributed by atoms with Crippen LogP contribution in [0.1, 0.15) is 23.0 Å². The second kappa shape index (κ2) is 4.93. The average molecular weight is 210 g/mol. The minimum absolute atomic E-state index is 0.0825. The lowest BCUT2D eigenvalue weighted by atomic mass is 10.2. The van der Waals surface area contributed by atoms with E-state index in [0.29, 0.717) is 24.6 Å². The van der Waals surface area contributed by atoms with Crippen molar-refractivity contribution >= 4 is 5.91 Å². The van der Waals surface area contributed by atoms with E-state index in [4.69, 9.17) is 5.73 Å². The number of nitrogens with one attached hydrogen (secondary N) is 1. The third kappa shape index (κ3) is 2.79. The topological polar surface area (TPSA) is 72.9 Å². The number of hydrogen-bond donors (Lipinski definition) is 2.